The average Bonchev–Trinajstić information content (AvgIpc) is 2.67. The minimum Gasteiger partial charge on any atom is -0.368 e. The second-order valence-electron chi connectivity index (χ2n) is 6.04. The lowest BCUT2D eigenvalue weighted by Crippen LogP contribution is -2.56. The second-order valence-corrected chi connectivity index (χ2v) is 6.04. The van der Waals surface area contributed by atoms with Crippen LogP contribution in [0, 0.1) is 0 Å². The highest BCUT2D eigenvalue weighted by molar-refractivity contribution is 5.77. The number of primary amides is 1. The molecule has 0 fully saturated rings. The molecule has 138 valence electrons. The molecule has 8 heteroatoms. The van der Waals surface area contributed by atoms with Crippen LogP contribution in [0.15, 0.2) is 75.0 Å². The zero-order valence-electron chi connectivity index (χ0n) is 14.6. The van der Waals surface area contributed by atoms with Crippen molar-refractivity contribution in [2.75, 3.05) is 0 Å². The van der Waals surface area contributed by atoms with Gasteiger partial charge in [0.05, 0.1) is 12.2 Å². The minimum atomic E-state index is -1.21. The van der Waals surface area contributed by atoms with E-state index in [-0.39, 0.29) is 6.54 Å². The highest BCUT2D eigenvalue weighted by atomic mass is 16.2. The van der Waals surface area contributed by atoms with Crippen molar-refractivity contribution in [3.8, 4) is 5.69 Å². The summed E-state index contributed by atoms with van der Waals surface area (Å²) in [5.74, 6) is -0.848. The Hall–Kier alpha value is -3.68. The molecule has 0 spiro atoms. The number of carbonyl (C=O) groups excluding carboxylic acids is 1. The second kappa shape index (κ2) is 7.28. The molecule has 8 nitrogen and oxygen atoms in total. The molecule has 0 radical (unpaired) electrons. The molecule has 1 heterocycles. The van der Waals surface area contributed by atoms with E-state index >= 15 is 0 Å². The van der Waals surface area contributed by atoms with Gasteiger partial charge in [-0.3, -0.25) is 4.79 Å². The van der Waals surface area contributed by atoms with Crippen LogP contribution in [0.4, 0.5) is 0 Å². The molecule has 0 aliphatic heterocycles. The molecule has 27 heavy (non-hydrogen) atoms. The molecule has 1 aromatic heterocycles. The highest BCUT2D eigenvalue weighted by Gasteiger charge is 2.23. The molecule has 3 aromatic rings. The molecule has 2 N–H and O–H groups in total. The van der Waals surface area contributed by atoms with Gasteiger partial charge in [-0.2, -0.15) is 0 Å². The highest BCUT2D eigenvalue weighted by Crippen LogP contribution is 2.04. The summed E-state index contributed by atoms with van der Waals surface area (Å²) in [6.45, 7) is 1.30. The normalized spacial score (nSPS) is 11.9. The first-order valence-corrected chi connectivity index (χ1v) is 8.29. The molecule has 0 aliphatic rings. The van der Waals surface area contributed by atoms with Crippen molar-refractivity contribution in [3.05, 3.63) is 97.7 Å². The molecule has 0 bridgehead atoms. The summed E-state index contributed by atoms with van der Waals surface area (Å²) in [5.41, 5.74) is 3.72. The molecular weight excluding hydrogens is 348 g/mol. The Kier molecular flexibility index (Phi) is 4.89. The number of hydrogen-bond donors (Lipinski definition) is 1. The fourth-order valence-electron chi connectivity index (χ4n) is 2.76. The van der Waals surface area contributed by atoms with Crippen LogP contribution in [0.2, 0.25) is 0 Å². The van der Waals surface area contributed by atoms with Gasteiger partial charge in [-0.1, -0.05) is 48.5 Å². The predicted octanol–water partition coefficient (Wildman–Crippen LogP) is 0.255. The maximum atomic E-state index is 13.0. The van der Waals surface area contributed by atoms with Crippen LogP contribution in [-0.4, -0.2) is 19.6 Å². The van der Waals surface area contributed by atoms with Gasteiger partial charge in [0.25, 0.3) is 0 Å². The molecule has 1 atom stereocenters. The number of rotatable bonds is 5. The predicted molar refractivity (Wildman–Crippen MR) is 100 cm³/mol. The van der Waals surface area contributed by atoms with Gasteiger partial charge >= 0.3 is 17.1 Å². The number of nitrogens with zero attached hydrogens (tertiary/aromatic N) is 3. The van der Waals surface area contributed by atoms with E-state index < -0.39 is 29.0 Å². The van der Waals surface area contributed by atoms with Gasteiger partial charge in [-0.05, 0) is 24.6 Å². The summed E-state index contributed by atoms with van der Waals surface area (Å²) in [6, 6.07) is 15.9. The van der Waals surface area contributed by atoms with Crippen LogP contribution in [0.25, 0.3) is 5.69 Å². The number of carbonyl (C=O) groups is 1. The molecule has 1 amide bonds. The molecule has 2 aromatic carbocycles. The topological polar surface area (TPSA) is 109 Å². The zero-order chi connectivity index (χ0) is 19.6. The summed E-state index contributed by atoms with van der Waals surface area (Å²) < 4.78 is 2.49. The third-order valence-corrected chi connectivity index (χ3v) is 4.25. The lowest BCUT2D eigenvalue weighted by Gasteiger charge is -2.16. The molecule has 0 saturated heterocycles. The Morgan fingerprint density at radius 2 is 1.44 bits per heavy atom. The van der Waals surface area contributed by atoms with Crippen LogP contribution in [0.1, 0.15) is 18.5 Å². The van der Waals surface area contributed by atoms with Gasteiger partial charge in [0, 0.05) is 0 Å². The zero-order valence-corrected chi connectivity index (χ0v) is 14.6. The fraction of sp³-hybridized carbons (Fsp3) is 0.158. The number of para-hydroxylation sites is 1. The van der Waals surface area contributed by atoms with Gasteiger partial charge in [0.1, 0.15) is 6.04 Å². The van der Waals surface area contributed by atoms with E-state index in [0.29, 0.717) is 15.8 Å². The smallest absolute Gasteiger partial charge is 0.341 e. The molecule has 3 rings (SSSR count). The Bertz CT molecular complexity index is 1140. The molecular formula is C19H18N4O4. The number of benzene rings is 2. The number of aromatic nitrogens is 3. The van der Waals surface area contributed by atoms with Gasteiger partial charge in [0.15, 0.2) is 0 Å². The van der Waals surface area contributed by atoms with Crippen molar-refractivity contribution in [3.63, 3.8) is 0 Å². The number of hydrogen-bond acceptors (Lipinski definition) is 4. The summed E-state index contributed by atoms with van der Waals surface area (Å²) in [7, 11) is 0. The summed E-state index contributed by atoms with van der Waals surface area (Å²) >= 11 is 0. The maximum Gasteiger partial charge on any atom is 0.341 e. The van der Waals surface area contributed by atoms with E-state index in [0.717, 1.165) is 9.13 Å². The minimum absolute atomic E-state index is 0.0445. The lowest BCUT2D eigenvalue weighted by atomic mass is 10.2. The van der Waals surface area contributed by atoms with Gasteiger partial charge in [-0.25, -0.2) is 28.1 Å². The quantitative estimate of drug-likeness (QED) is 0.698. The molecule has 0 saturated carbocycles. The largest absolute Gasteiger partial charge is 0.368 e. The van der Waals surface area contributed by atoms with Gasteiger partial charge in [-0.15, -0.1) is 0 Å². The Labute approximate surface area is 153 Å². The molecule has 0 unspecified atom stereocenters. The monoisotopic (exact) mass is 366 g/mol. The van der Waals surface area contributed by atoms with E-state index in [1.807, 2.05) is 6.07 Å². The first kappa shape index (κ1) is 18.1. The van der Waals surface area contributed by atoms with Crippen molar-refractivity contribution in [2.24, 2.45) is 5.73 Å². The van der Waals surface area contributed by atoms with Gasteiger partial charge in [0.2, 0.25) is 5.91 Å². The van der Waals surface area contributed by atoms with Crippen LogP contribution in [-0.2, 0) is 11.3 Å². The standard InChI is InChI=1S/C19H18N4O4/c1-13(16(20)24)22-17(25)21(12-14-8-4-2-5-9-14)18(26)23(19(22)27)15-10-6-3-7-11-15/h2-11,13H,12H2,1H3,(H2,20,24)/t13-/m0/s1. The molecule has 0 aliphatic carbocycles. The van der Waals surface area contributed by atoms with Crippen molar-refractivity contribution >= 4 is 5.91 Å². The van der Waals surface area contributed by atoms with E-state index in [2.05, 4.69) is 0 Å². The van der Waals surface area contributed by atoms with Crippen molar-refractivity contribution < 1.29 is 4.79 Å². The van der Waals surface area contributed by atoms with E-state index in [9.17, 15) is 19.2 Å². The average molecular weight is 366 g/mol. The van der Waals surface area contributed by atoms with Crippen molar-refractivity contribution in [1.82, 2.24) is 13.7 Å². The number of amides is 1. The van der Waals surface area contributed by atoms with E-state index in [1.54, 1.807) is 54.6 Å². The van der Waals surface area contributed by atoms with Crippen molar-refractivity contribution in [2.45, 2.75) is 19.5 Å². The Morgan fingerprint density at radius 1 is 0.889 bits per heavy atom. The van der Waals surface area contributed by atoms with Crippen LogP contribution in [0.3, 0.4) is 0 Å². The third kappa shape index (κ3) is 3.37. The summed E-state index contributed by atoms with van der Waals surface area (Å²) in [4.78, 5) is 50.3. The van der Waals surface area contributed by atoms with Crippen LogP contribution >= 0.6 is 0 Å². The van der Waals surface area contributed by atoms with E-state index in [4.69, 9.17) is 5.73 Å². The maximum absolute atomic E-state index is 13.0. The van der Waals surface area contributed by atoms with Crippen LogP contribution in [0.5, 0.6) is 0 Å². The SMILES string of the molecule is C[C@@H](C(N)=O)n1c(=O)n(Cc2ccccc2)c(=O)n(-c2ccccc2)c1=O. The van der Waals surface area contributed by atoms with Gasteiger partial charge < -0.3 is 5.73 Å². The first-order chi connectivity index (χ1) is 12.9. The summed E-state index contributed by atoms with van der Waals surface area (Å²) in [6.07, 6.45) is 0. The van der Waals surface area contributed by atoms with E-state index in [1.165, 1.54) is 6.92 Å². The third-order valence-electron chi connectivity index (χ3n) is 4.25. The lowest BCUT2D eigenvalue weighted by molar-refractivity contribution is -0.120. The Balaban J connectivity index is 2.35. The first-order valence-electron chi connectivity index (χ1n) is 8.29. The van der Waals surface area contributed by atoms with Crippen molar-refractivity contribution in [1.29, 1.82) is 0 Å². The summed E-state index contributed by atoms with van der Waals surface area (Å²) in [5, 5.41) is 0. The Morgan fingerprint density at radius 3 is 2.00 bits per heavy atom. The van der Waals surface area contributed by atoms with Crippen LogP contribution < -0.4 is 22.8 Å². The fourth-order valence-corrected chi connectivity index (χ4v) is 2.76. The number of nitrogens with two attached hydrogens (primary N) is 1.